The van der Waals surface area contributed by atoms with Crippen molar-refractivity contribution in [3.63, 3.8) is 0 Å². The van der Waals surface area contributed by atoms with Crippen LogP contribution in [0.1, 0.15) is 11.5 Å². The quantitative estimate of drug-likeness (QED) is 0.386. The number of thioether (sulfide) groups is 1. The highest BCUT2D eigenvalue weighted by Gasteiger charge is 2.17. The third-order valence-corrected chi connectivity index (χ3v) is 5.22. The van der Waals surface area contributed by atoms with Crippen molar-refractivity contribution in [2.24, 2.45) is 0 Å². The van der Waals surface area contributed by atoms with Crippen LogP contribution in [0.2, 0.25) is 0 Å². The number of aryl methyl sites for hydroxylation is 1. The number of nitrogens with zero attached hydrogens (tertiary/aromatic N) is 3. The molecule has 0 aliphatic carbocycles. The molecule has 1 aromatic heterocycles. The maximum atomic E-state index is 12.7. The predicted octanol–water partition coefficient (Wildman–Crippen LogP) is 4.36. The summed E-state index contributed by atoms with van der Waals surface area (Å²) in [6, 6.07) is 15.5. The summed E-state index contributed by atoms with van der Waals surface area (Å²) in [5.74, 6) is 1.93. The monoisotopic (exact) mass is 409 g/mol. The summed E-state index contributed by atoms with van der Waals surface area (Å²) in [4.78, 5) is 19.8. The van der Waals surface area contributed by atoms with Crippen LogP contribution in [0.3, 0.4) is 0 Å². The smallest absolute Gasteiger partial charge is 0.246 e. The summed E-state index contributed by atoms with van der Waals surface area (Å²) in [5.41, 5.74) is 2.01. The van der Waals surface area contributed by atoms with E-state index >= 15 is 0 Å². The second kappa shape index (κ2) is 9.93. The van der Waals surface area contributed by atoms with Gasteiger partial charge in [-0.2, -0.15) is 4.98 Å². The summed E-state index contributed by atoms with van der Waals surface area (Å²) < 4.78 is 10.5. The summed E-state index contributed by atoms with van der Waals surface area (Å²) >= 11 is 1.50. The van der Waals surface area contributed by atoms with Crippen LogP contribution in [0.4, 0.5) is 0 Å². The van der Waals surface area contributed by atoms with Gasteiger partial charge in [0.2, 0.25) is 17.6 Å². The zero-order chi connectivity index (χ0) is 20.6. The Morgan fingerprint density at radius 1 is 1.21 bits per heavy atom. The Bertz CT molecular complexity index is 952. The van der Waals surface area contributed by atoms with Gasteiger partial charge < -0.3 is 14.2 Å². The van der Waals surface area contributed by atoms with Gasteiger partial charge >= 0.3 is 0 Å². The summed E-state index contributed by atoms with van der Waals surface area (Å²) in [5, 5.41) is 4.02. The minimum absolute atomic E-state index is 0.0142. The van der Waals surface area contributed by atoms with E-state index < -0.39 is 0 Å². The Labute approximate surface area is 174 Å². The standard InChI is InChI=1S/C22H23N3O3S/c1-4-13-25(21(26)15-29-19-11-5-16(2)6-12-19)14-20-23-22(24-28-20)17-7-9-18(27-3)10-8-17/h4-12H,1,13-15H2,2-3H3. The highest BCUT2D eigenvalue weighted by Crippen LogP contribution is 2.21. The molecule has 0 saturated carbocycles. The Morgan fingerprint density at radius 3 is 2.59 bits per heavy atom. The van der Waals surface area contributed by atoms with Crippen molar-refractivity contribution in [3.8, 4) is 17.1 Å². The second-order valence-electron chi connectivity index (χ2n) is 6.40. The molecule has 0 spiro atoms. The number of hydrogen-bond acceptors (Lipinski definition) is 6. The molecule has 1 heterocycles. The van der Waals surface area contributed by atoms with E-state index in [0.717, 1.165) is 16.2 Å². The number of rotatable bonds is 9. The van der Waals surface area contributed by atoms with Crippen molar-refractivity contribution < 1.29 is 14.1 Å². The van der Waals surface area contributed by atoms with E-state index in [2.05, 4.69) is 16.7 Å². The molecule has 150 valence electrons. The Morgan fingerprint density at radius 2 is 1.93 bits per heavy atom. The normalized spacial score (nSPS) is 10.6. The van der Waals surface area contributed by atoms with Gasteiger partial charge in [0.05, 0.1) is 12.9 Å². The van der Waals surface area contributed by atoms with Crippen molar-refractivity contribution in [1.82, 2.24) is 15.0 Å². The van der Waals surface area contributed by atoms with Crippen LogP contribution < -0.4 is 4.74 Å². The van der Waals surface area contributed by atoms with Crippen LogP contribution in [0, 0.1) is 6.92 Å². The Hall–Kier alpha value is -3.06. The first-order chi connectivity index (χ1) is 14.1. The zero-order valence-electron chi connectivity index (χ0n) is 16.5. The SMILES string of the molecule is C=CCN(Cc1nc(-c2ccc(OC)cc2)no1)C(=O)CSc1ccc(C)cc1. The molecule has 6 nitrogen and oxygen atoms in total. The lowest BCUT2D eigenvalue weighted by atomic mass is 10.2. The zero-order valence-corrected chi connectivity index (χ0v) is 17.3. The van der Waals surface area contributed by atoms with Crippen LogP contribution in [0.15, 0.2) is 70.6 Å². The molecule has 1 amide bonds. The summed E-state index contributed by atoms with van der Waals surface area (Å²) in [6.07, 6.45) is 1.69. The lowest BCUT2D eigenvalue weighted by molar-refractivity contribution is -0.128. The molecule has 29 heavy (non-hydrogen) atoms. The fraction of sp³-hybridized carbons (Fsp3) is 0.227. The van der Waals surface area contributed by atoms with E-state index in [9.17, 15) is 4.79 Å². The molecule has 2 aromatic carbocycles. The number of aromatic nitrogens is 2. The molecular weight excluding hydrogens is 386 g/mol. The maximum absolute atomic E-state index is 12.7. The molecule has 3 rings (SSSR count). The van der Waals surface area contributed by atoms with Gasteiger partial charge in [-0.15, -0.1) is 18.3 Å². The minimum Gasteiger partial charge on any atom is -0.497 e. The van der Waals surface area contributed by atoms with Crippen molar-refractivity contribution in [2.75, 3.05) is 19.4 Å². The molecule has 0 unspecified atom stereocenters. The van der Waals surface area contributed by atoms with E-state index in [0.29, 0.717) is 24.0 Å². The molecule has 0 bridgehead atoms. The van der Waals surface area contributed by atoms with Gasteiger partial charge in [-0.3, -0.25) is 4.79 Å². The third-order valence-electron chi connectivity index (χ3n) is 4.23. The molecule has 0 N–H and O–H groups in total. The van der Waals surface area contributed by atoms with Gasteiger partial charge in [-0.1, -0.05) is 28.9 Å². The lowest BCUT2D eigenvalue weighted by Crippen LogP contribution is -2.32. The highest BCUT2D eigenvalue weighted by molar-refractivity contribution is 8.00. The molecule has 7 heteroatoms. The van der Waals surface area contributed by atoms with Gasteiger partial charge in [-0.05, 0) is 43.3 Å². The Balaban J connectivity index is 1.63. The van der Waals surface area contributed by atoms with E-state index in [4.69, 9.17) is 9.26 Å². The molecule has 0 atom stereocenters. The van der Waals surface area contributed by atoms with Crippen LogP contribution in [0.5, 0.6) is 5.75 Å². The van der Waals surface area contributed by atoms with Crippen molar-refractivity contribution in [2.45, 2.75) is 18.4 Å². The number of methoxy groups -OCH3 is 1. The molecule has 0 aliphatic heterocycles. The van der Waals surface area contributed by atoms with Gasteiger partial charge in [0.25, 0.3) is 0 Å². The average molecular weight is 410 g/mol. The van der Waals surface area contributed by atoms with Gasteiger partial charge in [0.1, 0.15) is 12.3 Å². The van der Waals surface area contributed by atoms with Gasteiger partial charge in [0, 0.05) is 17.0 Å². The largest absolute Gasteiger partial charge is 0.497 e. The first-order valence-corrected chi connectivity index (χ1v) is 10.1. The van der Waals surface area contributed by atoms with Crippen molar-refractivity contribution >= 4 is 17.7 Å². The van der Waals surface area contributed by atoms with E-state index in [1.807, 2.05) is 55.5 Å². The fourth-order valence-corrected chi connectivity index (χ4v) is 3.42. The third kappa shape index (κ3) is 5.71. The summed E-state index contributed by atoms with van der Waals surface area (Å²) in [7, 11) is 1.61. The van der Waals surface area contributed by atoms with Gasteiger partial charge in [-0.25, -0.2) is 0 Å². The number of carbonyl (C=O) groups excluding carboxylic acids is 1. The maximum Gasteiger partial charge on any atom is 0.246 e. The first-order valence-electron chi connectivity index (χ1n) is 9.14. The van der Waals surface area contributed by atoms with Crippen molar-refractivity contribution in [3.05, 3.63) is 72.6 Å². The highest BCUT2D eigenvalue weighted by atomic mass is 32.2. The number of benzene rings is 2. The molecule has 0 fully saturated rings. The van der Waals surface area contributed by atoms with Crippen LogP contribution in [-0.4, -0.2) is 40.4 Å². The topological polar surface area (TPSA) is 68.5 Å². The minimum atomic E-state index is -0.0142. The Kier molecular flexibility index (Phi) is 7.08. The van der Waals surface area contributed by atoms with E-state index in [-0.39, 0.29) is 12.5 Å². The second-order valence-corrected chi connectivity index (χ2v) is 7.45. The van der Waals surface area contributed by atoms with Crippen LogP contribution in [-0.2, 0) is 11.3 Å². The number of hydrogen-bond donors (Lipinski definition) is 0. The molecular formula is C22H23N3O3S. The molecule has 3 aromatic rings. The first kappa shape index (κ1) is 20.7. The molecule has 0 aliphatic rings. The number of ether oxygens (including phenoxy) is 1. The van der Waals surface area contributed by atoms with Gasteiger partial charge in [0.15, 0.2) is 0 Å². The molecule has 0 saturated heterocycles. The molecule has 0 radical (unpaired) electrons. The van der Waals surface area contributed by atoms with Crippen molar-refractivity contribution in [1.29, 1.82) is 0 Å². The van der Waals surface area contributed by atoms with E-state index in [1.54, 1.807) is 18.1 Å². The van der Waals surface area contributed by atoms with E-state index in [1.165, 1.54) is 17.3 Å². The number of carbonyl (C=O) groups is 1. The fourth-order valence-electron chi connectivity index (χ4n) is 2.62. The van der Waals surface area contributed by atoms with Crippen LogP contribution >= 0.6 is 11.8 Å². The summed E-state index contributed by atoms with van der Waals surface area (Å²) in [6.45, 7) is 6.43. The number of amides is 1. The predicted molar refractivity (Wildman–Crippen MR) is 114 cm³/mol. The van der Waals surface area contributed by atoms with Crippen LogP contribution in [0.25, 0.3) is 11.4 Å². The lowest BCUT2D eigenvalue weighted by Gasteiger charge is -2.18. The average Bonchev–Trinajstić information content (AvgIpc) is 3.21.